The Bertz CT molecular complexity index is 1120. The van der Waals surface area contributed by atoms with Gasteiger partial charge in [0, 0.05) is 7.11 Å². The van der Waals surface area contributed by atoms with E-state index in [1.165, 1.54) is 27.7 Å². The highest BCUT2D eigenvalue weighted by atomic mass is 32.3. The highest BCUT2D eigenvalue weighted by Crippen LogP contribution is 2.32. The van der Waals surface area contributed by atoms with Gasteiger partial charge in [-0.25, -0.2) is 33.5 Å². The smallest absolute Gasteiger partial charge is 0.353 e. The second-order valence-corrected chi connectivity index (χ2v) is 11.5. The van der Waals surface area contributed by atoms with Gasteiger partial charge in [0.25, 0.3) is 0 Å². The topological polar surface area (TPSA) is 229 Å². The summed E-state index contributed by atoms with van der Waals surface area (Å²) in [4.78, 5) is 0. The molecule has 1 aliphatic rings. The molecule has 1 saturated heterocycles. The molecule has 222 valence electrons. The summed E-state index contributed by atoms with van der Waals surface area (Å²) in [5, 5.41) is 0. The zero-order valence-electron chi connectivity index (χ0n) is 20.4. The fourth-order valence-electron chi connectivity index (χ4n) is 2.78. The van der Waals surface area contributed by atoms with E-state index >= 15 is 0 Å². The zero-order chi connectivity index (χ0) is 28.5. The quantitative estimate of drug-likeness (QED) is 0.171. The van der Waals surface area contributed by atoms with E-state index in [1.54, 1.807) is 0 Å². The molecule has 0 aromatic rings. The van der Waals surface area contributed by atoms with Crippen molar-refractivity contribution in [2.45, 2.75) is 58.4 Å². The third-order valence-electron chi connectivity index (χ3n) is 3.94. The summed E-state index contributed by atoms with van der Waals surface area (Å²) in [5.74, 6) is 0. The van der Waals surface area contributed by atoms with E-state index in [1.807, 2.05) is 0 Å². The number of rotatable bonds is 18. The van der Waals surface area contributed by atoms with Gasteiger partial charge < -0.3 is 9.47 Å². The van der Waals surface area contributed by atoms with Crippen LogP contribution in [0.5, 0.6) is 0 Å². The normalized spacial score (nSPS) is 25.8. The molecule has 0 bridgehead atoms. The monoisotopic (exact) mass is 626 g/mol. The molecule has 0 amide bonds. The summed E-state index contributed by atoms with van der Waals surface area (Å²) in [6.45, 7) is 2.55. The minimum absolute atomic E-state index is 0.323. The third kappa shape index (κ3) is 11.6. The summed E-state index contributed by atoms with van der Waals surface area (Å²) >= 11 is 0. The molecular weight excluding hydrogens is 596 g/mol. The van der Waals surface area contributed by atoms with Crippen LogP contribution in [-0.4, -0.2) is 105 Å². The van der Waals surface area contributed by atoms with Crippen molar-refractivity contribution in [3.8, 4) is 0 Å². The van der Waals surface area contributed by atoms with Gasteiger partial charge in [-0.15, -0.1) is 0 Å². The second-order valence-electron chi connectivity index (χ2n) is 6.50. The van der Waals surface area contributed by atoms with Crippen LogP contribution in [0.3, 0.4) is 0 Å². The van der Waals surface area contributed by atoms with Gasteiger partial charge in [0.2, 0.25) is 0 Å². The lowest BCUT2D eigenvalue weighted by molar-refractivity contribution is -0.279. The Labute approximate surface area is 216 Å². The van der Waals surface area contributed by atoms with Gasteiger partial charge in [-0.3, -0.25) is 0 Å². The molecule has 0 aliphatic carbocycles. The van der Waals surface area contributed by atoms with E-state index < -0.39 is 98.7 Å². The van der Waals surface area contributed by atoms with Gasteiger partial charge >= 0.3 is 41.6 Å². The molecule has 5 atom stereocenters. The molecular formula is C15H30O18S4. The van der Waals surface area contributed by atoms with E-state index in [-0.39, 0.29) is 6.61 Å². The average Bonchev–Trinajstić information content (AvgIpc) is 2.74. The molecule has 0 unspecified atom stereocenters. The van der Waals surface area contributed by atoms with Crippen molar-refractivity contribution in [1.82, 2.24) is 0 Å². The van der Waals surface area contributed by atoms with Gasteiger partial charge in [0.05, 0.1) is 33.0 Å². The Morgan fingerprint density at radius 2 is 0.919 bits per heavy atom. The minimum atomic E-state index is -4.97. The molecule has 1 heterocycles. The molecule has 1 rings (SSSR count). The number of methoxy groups -OCH3 is 1. The van der Waals surface area contributed by atoms with Crippen LogP contribution in [0.1, 0.15) is 27.7 Å². The summed E-state index contributed by atoms with van der Waals surface area (Å²) in [6, 6.07) is 0. The first-order valence-electron chi connectivity index (χ1n) is 10.5. The van der Waals surface area contributed by atoms with Crippen molar-refractivity contribution < 1.29 is 76.6 Å². The Morgan fingerprint density at radius 1 is 0.541 bits per heavy atom. The molecule has 1 aliphatic heterocycles. The predicted molar refractivity (Wildman–Crippen MR) is 118 cm³/mol. The van der Waals surface area contributed by atoms with Gasteiger partial charge in [-0.1, -0.05) is 0 Å². The Kier molecular flexibility index (Phi) is 13.7. The molecule has 0 radical (unpaired) electrons. The maximum atomic E-state index is 12.3. The van der Waals surface area contributed by atoms with Crippen LogP contribution in [-0.2, 0) is 84.5 Å². The molecule has 1 fully saturated rings. The summed E-state index contributed by atoms with van der Waals surface area (Å²) in [5.41, 5.74) is 0. The van der Waals surface area contributed by atoms with Crippen molar-refractivity contribution in [2.24, 2.45) is 0 Å². The van der Waals surface area contributed by atoms with E-state index in [9.17, 15) is 33.7 Å². The first-order valence-corrected chi connectivity index (χ1v) is 15.8. The average molecular weight is 627 g/mol. The van der Waals surface area contributed by atoms with E-state index in [0.29, 0.717) is 0 Å². The van der Waals surface area contributed by atoms with Crippen LogP contribution in [0.15, 0.2) is 0 Å². The first kappa shape index (κ1) is 34.4. The van der Waals surface area contributed by atoms with Gasteiger partial charge in [-0.05, 0) is 27.7 Å². The highest BCUT2D eigenvalue weighted by Gasteiger charge is 2.54. The minimum Gasteiger partial charge on any atom is -0.353 e. The Balaban J connectivity index is 3.63. The van der Waals surface area contributed by atoms with Crippen molar-refractivity contribution >= 4 is 41.6 Å². The fourth-order valence-corrected chi connectivity index (χ4v) is 5.94. The Hall–Kier alpha value is -0.600. The van der Waals surface area contributed by atoms with Gasteiger partial charge in [0.1, 0.15) is 18.3 Å². The van der Waals surface area contributed by atoms with E-state index in [0.717, 1.165) is 7.11 Å². The highest BCUT2D eigenvalue weighted by molar-refractivity contribution is 7.82. The lowest BCUT2D eigenvalue weighted by Crippen LogP contribution is -2.63. The van der Waals surface area contributed by atoms with Crippen molar-refractivity contribution in [3.63, 3.8) is 0 Å². The second kappa shape index (κ2) is 14.7. The van der Waals surface area contributed by atoms with Crippen LogP contribution in [0.4, 0.5) is 0 Å². The molecule has 0 spiro atoms. The summed E-state index contributed by atoms with van der Waals surface area (Å²) in [7, 11) is -18.4. The van der Waals surface area contributed by atoms with Crippen LogP contribution in [0, 0.1) is 0 Å². The maximum absolute atomic E-state index is 12.3. The molecule has 0 saturated carbocycles. The SMILES string of the molecule is CCOS(=O)(=O)OC[C@H]1O[C@H](OC)[C@H](OS(=O)(=O)OCC)[C@@H](OS(=O)(=O)OCC)[C@@H]1OS(=O)(=O)OCC. The number of ether oxygens (including phenoxy) is 2. The van der Waals surface area contributed by atoms with Gasteiger partial charge in [0.15, 0.2) is 12.4 Å². The maximum Gasteiger partial charge on any atom is 0.400 e. The molecule has 37 heavy (non-hydrogen) atoms. The molecule has 0 aromatic carbocycles. The lowest BCUT2D eigenvalue weighted by Gasteiger charge is -2.43. The standard InChI is InChI=1S/C15H30O18S4/c1-6-25-34(16,17)29-10-11-12(31-35(18,19)26-7-2)13(32-36(20,21)27-8-3)14(15(24-5)30-11)33-37(22,23)28-9-4/h11-15H,6-10H2,1-5H3/t11-,12-,13+,14-,15+/m1/s1. The van der Waals surface area contributed by atoms with Crippen molar-refractivity contribution in [3.05, 3.63) is 0 Å². The third-order valence-corrected chi connectivity index (χ3v) is 7.83. The van der Waals surface area contributed by atoms with Crippen LogP contribution < -0.4 is 0 Å². The van der Waals surface area contributed by atoms with Crippen molar-refractivity contribution in [2.75, 3.05) is 40.1 Å². The molecule has 0 N–H and O–H groups in total. The Morgan fingerprint density at radius 3 is 1.32 bits per heavy atom. The predicted octanol–water partition coefficient (Wildman–Crippen LogP) is -1.34. The zero-order valence-corrected chi connectivity index (χ0v) is 23.7. The molecule has 0 aromatic heterocycles. The fraction of sp³-hybridized carbons (Fsp3) is 1.00. The first-order chi connectivity index (χ1) is 17.1. The molecule has 18 nitrogen and oxygen atoms in total. The van der Waals surface area contributed by atoms with Crippen LogP contribution in [0.25, 0.3) is 0 Å². The van der Waals surface area contributed by atoms with E-state index in [2.05, 4.69) is 20.9 Å². The van der Waals surface area contributed by atoms with Crippen LogP contribution in [0.2, 0.25) is 0 Å². The number of hydrogen-bond donors (Lipinski definition) is 0. The summed E-state index contributed by atoms with van der Waals surface area (Å²) in [6.07, 6.45) is -10.2. The summed E-state index contributed by atoms with van der Waals surface area (Å²) < 4.78 is 145. The van der Waals surface area contributed by atoms with E-state index in [4.69, 9.17) is 22.0 Å². The lowest BCUT2D eigenvalue weighted by atomic mass is 9.99. The van der Waals surface area contributed by atoms with Crippen LogP contribution >= 0.6 is 0 Å². The number of hydrogen-bond acceptors (Lipinski definition) is 18. The molecule has 22 heteroatoms. The largest absolute Gasteiger partial charge is 0.400 e. The van der Waals surface area contributed by atoms with Gasteiger partial charge in [-0.2, -0.15) is 33.7 Å². The van der Waals surface area contributed by atoms with Crippen molar-refractivity contribution in [1.29, 1.82) is 0 Å².